The van der Waals surface area contributed by atoms with Gasteiger partial charge in [0, 0.05) is 24.9 Å². The van der Waals surface area contributed by atoms with Gasteiger partial charge in [0.05, 0.1) is 6.54 Å². The normalized spacial score (nSPS) is 24.0. The minimum atomic E-state index is -3.41. The number of carbonyl (C=O) groups is 1. The molecule has 0 radical (unpaired) electrons. The van der Waals surface area contributed by atoms with Crippen molar-refractivity contribution in [3.05, 3.63) is 17.0 Å². The summed E-state index contributed by atoms with van der Waals surface area (Å²) in [6, 6.07) is 3.41. The molecule has 1 aromatic rings. The molecule has 1 N–H and O–H groups in total. The summed E-state index contributed by atoms with van der Waals surface area (Å²) in [4.78, 5) is 11.8. The molecule has 0 spiro atoms. The average Bonchev–Trinajstić information content (AvgIpc) is 2.84. The van der Waals surface area contributed by atoms with Crippen molar-refractivity contribution < 1.29 is 13.2 Å². The Balaban J connectivity index is 2.14. The zero-order valence-electron chi connectivity index (χ0n) is 12.6. The van der Waals surface area contributed by atoms with Crippen LogP contribution in [0, 0.1) is 11.8 Å². The molecule has 118 valence electrons. The standard InChI is InChI=1S/C14H22N2O3S2/c1-10-6-11(2)9-16(8-10)21(18,19)14-5-4-13(20-14)7-15-12(3)17/h4-5,10-11H,6-9H2,1-3H3,(H,15,17). The molecule has 0 aromatic carbocycles. The number of nitrogens with one attached hydrogen (secondary N) is 1. The maximum absolute atomic E-state index is 12.7. The highest BCUT2D eigenvalue weighted by Gasteiger charge is 2.32. The summed E-state index contributed by atoms with van der Waals surface area (Å²) in [5.41, 5.74) is 0. The molecule has 2 rings (SSSR count). The van der Waals surface area contributed by atoms with E-state index in [-0.39, 0.29) is 5.91 Å². The lowest BCUT2D eigenvalue weighted by Gasteiger charge is -2.33. The molecule has 1 amide bonds. The summed E-state index contributed by atoms with van der Waals surface area (Å²) in [7, 11) is -3.41. The van der Waals surface area contributed by atoms with Crippen LogP contribution in [-0.4, -0.2) is 31.7 Å². The van der Waals surface area contributed by atoms with Crippen LogP contribution in [0.2, 0.25) is 0 Å². The Bertz CT molecular complexity index is 599. The Morgan fingerprint density at radius 2 is 1.95 bits per heavy atom. The van der Waals surface area contributed by atoms with E-state index in [9.17, 15) is 13.2 Å². The van der Waals surface area contributed by atoms with Gasteiger partial charge in [-0.15, -0.1) is 11.3 Å². The van der Waals surface area contributed by atoms with E-state index in [2.05, 4.69) is 19.2 Å². The summed E-state index contributed by atoms with van der Waals surface area (Å²) in [6.45, 7) is 7.19. The lowest BCUT2D eigenvalue weighted by molar-refractivity contribution is -0.119. The molecule has 7 heteroatoms. The van der Waals surface area contributed by atoms with Gasteiger partial charge in [-0.2, -0.15) is 4.31 Å². The van der Waals surface area contributed by atoms with E-state index in [4.69, 9.17) is 0 Å². The first kappa shape index (κ1) is 16.5. The third-order valence-electron chi connectivity index (χ3n) is 3.58. The number of hydrogen-bond acceptors (Lipinski definition) is 4. The van der Waals surface area contributed by atoms with Gasteiger partial charge in [0.2, 0.25) is 5.91 Å². The summed E-state index contributed by atoms with van der Waals surface area (Å²) >= 11 is 1.23. The Morgan fingerprint density at radius 1 is 1.33 bits per heavy atom. The summed E-state index contributed by atoms with van der Waals surface area (Å²) in [5, 5.41) is 2.68. The first-order valence-corrected chi connectivity index (χ1v) is 9.38. The number of thiophene rings is 1. The number of sulfonamides is 1. The molecule has 1 fully saturated rings. The van der Waals surface area contributed by atoms with Crippen molar-refractivity contribution in [3.63, 3.8) is 0 Å². The highest BCUT2D eigenvalue weighted by molar-refractivity contribution is 7.91. The first-order valence-electron chi connectivity index (χ1n) is 7.12. The predicted molar refractivity (Wildman–Crippen MR) is 83.5 cm³/mol. The number of carbonyl (C=O) groups excluding carboxylic acids is 1. The lowest BCUT2D eigenvalue weighted by Crippen LogP contribution is -2.42. The Kier molecular flexibility index (Phi) is 5.06. The Morgan fingerprint density at radius 3 is 2.52 bits per heavy atom. The molecular formula is C14H22N2O3S2. The van der Waals surface area contributed by atoms with Gasteiger partial charge in [-0.05, 0) is 30.4 Å². The predicted octanol–water partition coefficient (Wildman–Crippen LogP) is 2.05. The quantitative estimate of drug-likeness (QED) is 0.919. The number of hydrogen-bond donors (Lipinski definition) is 1. The van der Waals surface area contributed by atoms with Gasteiger partial charge in [0.25, 0.3) is 10.0 Å². The fraction of sp³-hybridized carbons (Fsp3) is 0.643. The molecule has 1 aliphatic heterocycles. The number of amides is 1. The highest BCUT2D eigenvalue weighted by atomic mass is 32.2. The largest absolute Gasteiger partial charge is 0.351 e. The molecule has 0 bridgehead atoms. The van der Waals surface area contributed by atoms with Gasteiger partial charge in [-0.1, -0.05) is 13.8 Å². The van der Waals surface area contributed by atoms with Crippen LogP contribution in [-0.2, 0) is 21.4 Å². The van der Waals surface area contributed by atoms with E-state index in [1.54, 1.807) is 16.4 Å². The molecule has 1 saturated heterocycles. The fourth-order valence-corrected chi connectivity index (χ4v) is 5.86. The van der Waals surface area contributed by atoms with Crippen molar-refractivity contribution in [2.24, 2.45) is 11.8 Å². The fourth-order valence-electron chi connectivity index (χ4n) is 2.73. The topological polar surface area (TPSA) is 66.5 Å². The molecule has 5 nitrogen and oxygen atoms in total. The molecule has 2 heterocycles. The van der Waals surface area contributed by atoms with E-state index in [0.29, 0.717) is 35.7 Å². The SMILES string of the molecule is CC(=O)NCc1ccc(S(=O)(=O)N2CC(C)CC(C)C2)s1. The maximum atomic E-state index is 12.7. The van der Waals surface area contributed by atoms with Crippen LogP contribution < -0.4 is 5.32 Å². The second-order valence-electron chi connectivity index (χ2n) is 5.90. The van der Waals surface area contributed by atoms with Crippen LogP contribution in [0.4, 0.5) is 0 Å². The van der Waals surface area contributed by atoms with E-state index < -0.39 is 10.0 Å². The van der Waals surface area contributed by atoms with Gasteiger partial charge in [0.15, 0.2) is 0 Å². The van der Waals surface area contributed by atoms with Gasteiger partial charge < -0.3 is 5.32 Å². The maximum Gasteiger partial charge on any atom is 0.252 e. The smallest absolute Gasteiger partial charge is 0.252 e. The van der Waals surface area contributed by atoms with Gasteiger partial charge in [-0.25, -0.2) is 8.42 Å². The van der Waals surface area contributed by atoms with E-state index in [1.165, 1.54) is 18.3 Å². The first-order chi connectivity index (χ1) is 9.79. The Hall–Kier alpha value is -0.920. The summed E-state index contributed by atoms with van der Waals surface area (Å²) in [5.74, 6) is 0.663. The van der Waals surface area contributed by atoms with Crippen LogP contribution in [0.5, 0.6) is 0 Å². The summed E-state index contributed by atoms with van der Waals surface area (Å²) < 4.78 is 27.3. The number of piperidine rings is 1. The third kappa shape index (κ3) is 4.05. The lowest BCUT2D eigenvalue weighted by atomic mass is 9.94. The molecule has 2 atom stereocenters. The van der Waals surface area contributed by atoms with Crippen molar-refractivity contribution in [2.75, 3.05) is 13.1 Å². The Labute approximate surface area is 130 Å². The van der Waals surface area contributed by atoms with Gasteiger partial charge in [-0.3, -0.25) is 4.79 Å². The third-order valence-corrected chi connectivity index (χ3v) is 6.96. The van der Waals surface area contributed by atoms with Crippen LogP contribution in [0.3, 0.4) is 0 Å². The van der Waals surface area contributed by atoms with Crippen molar-refractivity contribution >= 4 is 27.3 Å². The van der Waals surface area contributed by atoms with E-state index in [0.717, 1.165) is 11.3 Å². The minimum Gasteiger partial charge on any atom is -0.351 e. The zero-order chi connectivity index (χ0) is 15.6. The van der Waals surface area contributed by atoms with Crippen molar-refractivity contribution in [2.45, 2.75) is 37.9 Å². The van der Waals surface area contributed by atoms with Crippen LogP contribution in [0.15, 0.2) is 16.3 Å². The molecule has 0 aliphatic carbocycles. The minimum absolute atomic E-state index is 0.119. The average molecular weight is 330 g/mol. The number of rotatable bonds is 4. The van der Waals surface area contributed by atoms with Crippen LogP contribution >= 0.6 is 11.3 Å². The summed E-state index contributed by atoms with van der Waals surface area (Å²) in [6.07, 6.45) is 1.07. The highest BCUT2D eigenvalue weighted by Crippen LogP contribution is 2.30. The molecule has 1 aliphatic rings. The van der Waals surface area contributed by atoms with Crippen molar-refractivity contribution in [3.8, 4) is 0 Å². The molecular weight excluding hydrogens is 308 g/mol. The van der Waals surface area contributed by atoms with Crippen molar-refractivity contribution in [1.82, 2.24) is 9.62 Å². The molecule has 1 aromatic heterocycles. The van der Waals surface area contributed by atoms with Gasteiger partial charge in [0.1, 0.15) is 4.21 Å². The van der Waals surface area contributed by atoms with Crippen LogP contribution in [0.25, 0.3) is 0 Å². The second kappa shape index (κ2) is 6.46. The van der Waals surface area contributed by atoms with Crippen molar-refractivity contribution in [1.29, 1.82) is 0 Å². The number of nitrogens with zero attached hydrogens (tertiary/aromatic N) is 1. The van der Waals surface area contributed by atoms with Crippen LogP contribution in [0.1, 0.15) is 32.1 Å². The molecule has 0 saturated carbocycles. The van der Waals surface area contributed by atoms with E-state index >= 15 is 0 Å². The van der Waals surface area contributed by atoms with E-state index in [1.807, 2.05) is 0 Å². The monoisotopic (exact) mass is 330 g/mol. The van der Waals surface area contributed by atoms with Gasteiger partial charge >= 0.3 is 0 Å². The second-order valence-corrected chi connectivity index (χ2v) is 9.23. The zero-order valence-corrected chi connectivity index (χ0v) is 14.3. The molecule has 2 unspecified atom stereocenters. The molecule has 21 heavy (non-hydrogen) atoms.